The van der Waals surface area contributed by atoms with Gasteiger partial charge in [-0.2, -0.15) is 0 Å². The van der Waals surface area contributed by atoms with Crippen molar-refractivity contribution in [2.24, 2.45) is 10.7 Å². The summed E-state index contributed by atoms with van der Waals surface area (Å²) in [5.74, 6) is 1.43. The zero-order chi connectivity index (χ0) is 17.9. The third-order valence-electron chi connectivity index (χ3n) is 3.86. The molecule has 0 saturated heterocycles. The fraction of sp³-hybridized carbons (Fsp3) is 0.105. The lowest BCUT2D eigenvalue weighted by molar-refractivity contribution is 0.983. The van der Waals surface area contributed by atoms with Crippen LogP contribution in [0.2, 0.25) is 0 Å². The second-order valence-electron chi connectivity index (χ2n) is 5.56. The summed E-state index contributed by atoms with van der Waals surface area (Å²) in [7, 11) is 0. The number of thiazole rings is 1. The van der Waals surface area contributed by atoms with Crippen molar-refractivity contribution in [3.63, 3.8) is 0 Å². The highest BCUT2D eigenvalue weighted by atomic mass is 32.1. The second kappa shape index (κ2) is 7.23. The molecule has 0 atom stereocenters. The maximum atomic E-state index is 6.10. The Hall–Kier alpha value is -2.77. The first-order valence-electron chi connectivity index (χ1n) is 8.22. The van der Waals surface area contributed by atoms with Gasteiger partial charge in [-0.15, -0.1) is 11.3 Å². The van der Waals surface area contributed by atoms with Crippen molar-refractivity contribution in [3.8, 4) is 0 Å². The zero-order valence-corrected chi connectivity index (χ0v) is 15.8. The average molecular weight is 380 g/mol. The third kappa shape index (κ3) is 3.31. The maximum absolute atomic E-state index is 6.10. The monoisotopic (exact) mass is 379 g/mol. The largest absolute Gasteiger partial charge is 0.383 e. The van der Waals surface area contributed by atoms with Gasteiger partial charge in [0.05, 0.1) is 20.8 Å². The van der Waals surface area contributed by atoms with E-state index in [2.05, 4.69) is 21.8 Å². The molecule has 4 aromatic rings. The number of nitrogens with zero attached hydrogens (tertiary/aromatic N) is 4. The van der Waals surface area contributed by atoms with E-state index in [1.807, 2.05) is 53.9 Å². The lowest BCUT2D eigenvalue weighted by atomic mass is 10.3. The number of aromatic nitrogens is 2. The van der Waals surface area contributed by atoms with E-state index in [0.717, 1.165) is 38.3 Å². The summed E-state index contributed by atoms with van der Waals surface area (Å²) in [6.07, 6.45) is 1.80. The van der Waals surface area contributed by atoms with Gasteiger partial charge in [0.2, 0.25) is 0 Å². The summed E-state index contributed by atoms with van der Waals surface area (Å²) in [5.41, 5.74) is 7.88. The normalized spacial score (nSPS) is 11.8. The van der Waals surface area contributed by atoms with Gasteiger partial charge in [0, 0.05) is 12.7 Å². The van der Waals surface area contributed by atoms with Crippen LogP contribution in [-0.4, -0.2) is 22.3 Å². The topological polar surface area (TPSA) is 67.4 Å². The lowest BCUT2D eigenvalue weighted by Crippen LogP contribution is -2.16. The molecule has 5 nitrogen and oxygen atoms in total. The van der Waals surface area contributed by atoms with Gasteiger partial charge in [-0.05, 0) is 48.7 Å². The molecule has 2 N–H and O–H groups in total. The Kier molecular flexibility index (Phi) is 4.64. The van der Waals surface area contributed by atoms with E-state index < -0.39 is 0 Å². The molecule has 0 amide bonds. The summed E-state index contributed by atoms with van der Waals surface area (Å²) in [6, 6.07) is 15.8. The predicted molar refractivity (Wildman–Crippen MR) is 111 cm³/mol. The van der Waals surface area contributed by atoms with Crippen LogP contribution in [-0.2, 0) is 0 Å². The number of fused-ring (bicyclic) bond motifs is 1. The number of aliphatic imine (C=N–C) groups is 1. The molecule has 130 valence electrons. The average Bonchev–Trinajstić information content (AvgIpc) is 3.33. The molecular weight excluding hydrogens is 362 g/mol. The van der Waals surface area contributed by atoms with E-state index in [1.54, 1.807) is 28.9 Å². The molecule has 0 aliphatic carbocycles. The molecule has 1 aromatic carbocycles. The fourth-order valence-corrected chi connectivity index (χ4v) is 4.31. The number of anilines is 2. The van der Waals surface area contributed by atoms with E-state index in [1.165, 1.54) is 0 Å². The highest BCUT2D eigenvalue weighted by Gasteiger charge is 2.14. The summed E-state index contributed by atoms with van der Waals surface area (Å²) in [4.78, 5) is 16.8. The molecular formula is C19H17N5S2. The molecule has 26 heavy (non-hydrogen) atoms. The van der Waals surface area contributed by atoms with Crippen molar-refractivity contribution in [2.45, 2.75) is 6.92 Å². The molecule has 0 aliphatic heterocycles. The number of rotatable bonds is 5. The summed E-state index contributed by atoms with van der Waals surface area (Å²) in [6.45, 7) is 2.89. The summed E-state index contributed by atoms with van der Waals surface area (Å²) >= 11 is 3.21. The minimum absolute atomic E-state index is 0.535. The van der Waals surface area contributed by atoms with Crippen LogP contribution < -0.4 is 10.6 Å². The van der Waals surface area contributed by atoms with Crippen LogP contribution in [0.5, 0.6) is 0 Å². The third-order valence-corrected chi connectivity index (χ3v) is 5.79. The number of hydrogen-bond donors (Lipinski definition) is 1. The number of nitrogens with two attached hydrogens (primary N) is 1. The Labute approximate surface area is 159 Å². The molecule has 0 radical (unpaired) electrons. The molecule has 0 saturated carbocycles. The van der Waals surface area contributed by atoms with Crippen molar-refractivity contribution in [1.82, 2.24) is 9.97 Å². The Morgan fingerprint density at radius 1 is 1.19 bits per heavy atom. The minimum Gasteiger partial charge on any atom is -0.383 e. The van der Waals surface area contributed by atoms with Gasteiger partial charge in [-0.3, -0.25) is 0 Å². The van der Waals surface area contributed by atoms with Crippen LogP contribution in [0, 0.1) is 0 Å². The number of amidine groups is 1. The Balaban J connectivity index is 1.69. The van der Waals surface area contributed by atoms with Crippen LogP contribution in [0.3, 0.4) is 0 Å². The number of hydrogen-bond acceptors (Lipinski definition) is 6. The van der Waals surface area contributed by atoms with Crippen LogP contribution in [0.4, 0.5) is 16.6 Å². The van der Waals surface area contributed by atoms with Gasteiger partial charge in [-0.25, -0.2) is 15.0 Å². The van der Waals surface area contributed by atoms with Crippen molar-refractivity contribution in [1.29, 1.82) is 0 Å². The zero-order valence-electron chi connectivity index (χ0n) is 14.2. The highest BCUT2D eigenvalue weighted by Crippen LogP contribution is 2.34. The fourth-order valence-electron chi connectivity index (χ4n) is 2.61. The number of pyridine rings is 1. The molecule has 0 aliphatic rings. The summed E-state index contributed by atoms with van der Waals surface area (Å²) < 4.78 is 1.08. The Morgan fingerprint density at radius 3 is 2.85 bits per heavy atom. The van der Waals surface area contributed by atoms with Crippen molar-refractivity contribution >= 4 is 55.4 Å². The van der Waals surface area contributed by atoms with E-state index in [4.69, 9.17) is 10.7 Å². The molecule has 0 fully saturated rings. The van der Waals surface area contributed by atoms with Crippen LogP contribution in [0.25, 0.3) is 10.2 Å². The van der Waals surface area contributed by atoms with Gasteiger partial charge in [0.15, 0.2) is 5.13 Å². The van der Waals surface area contributed by atoms with Gasteiger partial charge in [0.1, 0.15) is 11.7 Å². The Bertz CT molecular complexity index is 1040. The quantitative estimate of drug-likeness (QED) is 0.394. The van der Waals surface area contributed by atoms with E-state index >= 15 is 0 Å². The van der Waals surface area contributed by atoms with Crippen LogP contribution in [0.15, 0.2) is 65.1 Å². The summed E-state index contributed by atoms with van der Waals surface area (Å²) in [5, 5.41) is 2.92. The molecule has 0 unspecified atom stereocenters. The lowest BCUT2D eigenvalue weighted by Gasteiger charge is -2.17. The van der Waals surface area contributed by atoms with Gasteiger partial charge < -0.3 is 10.6 Å². The van der Waals surface area contributed by atoms with E-state index in [0.29, 0.717) is 5.84 Å². The minimum atomic E-state index is 0.535. The van der Waals surface area contributed by atoms with Crippen molar-refractivity contribution < 1.29 is 0 Å². The second-order valence-corrected chi connectivity index (χ2v) is 7.51. The Morgan fingerprint density at radius 2 is 2.12 bits per heavy atom. The molecule has 0 bridgehead atoms. The smallest absolute Gasteiger partial charge is 0.192 e. The first-order chi connectivity index (χ1) is 12.7. The molecule has 4 rings (SSSR count). The number of benzene rings is 1. The first-order valence-corrected chi connectivity index (χ1v) is 9.91. The van der Waals surface area contributed by atoms with Crippen molar-refractivity contribution in [2.75, 3.05) is 11.4 Å². The SMILES string of the molecule is CCN(c1ccccn1)c1nc2ccc(N=C(N)c3cccs3)cc2s1. The van der Waals surface area contributed by atoms with Crippen LogP contribution in [0.1, 0.15) is 11.8 Å². The molecule has 3 aromatic heterocycles. The standard InChI is InChI=1S/C19H17N5S2/c1-2-24(17-7-3-4-10-21-17)19-23-14-9-8-13(12-16(14)26-19)22-18(20)15-6-5-11-25-15/h3-12H,2H2,1H3,(H2,20,22). The predicted octanol–water partition coefficient (Wildman–Crippen LogP) is 4.95. The van der Waals surface area contributed by atoms with Gasteiger partial charge >= 0.3 is 0 Å². The maximum Gasteiger partial charge on any atom is 0.192 e. The first kappa shape index (κ1) is 16.7. The van der Waals surface area contributed by atoms with Gasteiger partial charge in [0.25, 0.3) is 0 Å². The molecule has 0 spiro atoms. The number of thiophene rings is 1. The van der Waals surface area contributed by atoms with E-state index in [-0.39, 0.29) is 0 Å². The molecule has 7 heteroatoms. The molecule has 3 heterocycles. The van der Waals surface area contributed by atoms with Gasteiger partial charge in [-0.1, -0.05) is 23.5 Å². The van der Waals surface area contributed by atoms with E-state index in [9.17, 15) is 0 Å². The van der Waals surface area contributed by atoms with Crippen LogP contribution >= 0.6 is 22.7 Å². The highest BCUT2D eigenvalue weighted by molar-refractivity contribution is 7.22. The van der Waals surface area contributed by atoms with Crippen molar-refractivity contribution in [3.05, 3.63) is 65.0 Å².